The second-order valence-electron chi connectivity index (χ2n) is 8.71. The summed E-state index contributed by atoms with van der Waals surface area (Å²) in [5, 5.41) is 10.7. The maximum atomic E-state index is 15.5. The molecule has 1 aliphatic heterocycles. The molecule has 8 heteroatoms. The molecule has 1 aliphatic rings. The highest BCUT2D eigenvalue weighted by Crippen LogP contribution is 2.38. The summed E-state index contributed by atoms with van der Waals surface area (Å²) in [4.78, 5) is 18.5. The SMILES string of the molecule is CCCCSCCN1CC[C@H](CC[C@H](F)c2c(Cl)cnc3ccc(OC)cc23)[C@H](C(=O)O)C1. The smallest absolute Gasteiger partial charge is 0.308 e. The van der Waals surface area contributed by atoms with Gasteiger partial charge in [0.05, 0.1) is 23.6 Å². The maximum absolute atomic E-state index is 15.5. The number of pyridine rings is 1. The van der Waals surface area contributed by atoms with Gasteiger partial charge in [-0.05, 0) is 62.1 Å². The van der Waals surface area contributed by atoms with Gasteiger partial charge in [-0.15, -0.1) is 0 Å². The van der Waals surface area contributed by atoms with Crippen LogP contribution >= 0.6 is 23.4 Å². The molecular formula is C25H34ClFN2O3S. The standard InChI is InChI=1S/C25H34ClFN2O3S/c1-3-4-12-33-13-11-29-10-9-17(20(16-29)25(30)31)5-7-22(27)24-19-14-18(32-2)6-8-23(19)28-15-21(24)26/h6,8,14-15,17,20,22H,3-5,7,9-13,16H2,1-2H3,(H,30,31)/t17-,20+,22-/m0/s1. The van der Waals surface area contributed by atoms with Crippen molar-refractivity contribution >= 4 is 40.2 Å². The fourth-order valence-corrected chi connectivity index (χ4v) is 5.91. The molecule has 1 aromatic carbocycles. The third-order valence-corrected chi connectivity index (χ3v) is 7.87. The molecule has 0 radical (unpaired) electrons. The Morgan fingerprint density at radius 3 is 2.97 bits per heavy atom. The first kappa shape index (κ1) is 26.0. The molecule has 3 rings (SSSR count). The minimum atomic E-state index is -1.29. The number of methoxy groups -OCH3 is 1. The van der Waals surface area contributed by atoms with Crippen LogP contribution in [0.4, 0.5) is 4.39 Å². The number of halogens is 2. The van der Waals surface area contributed by atoms with Gasteiger partial charge in [-0.25, -0.2) is 4.39 Å². The molecule has 1 fully saturated rings. The van der Waals surface area contributed by atoms with Crippen LogP contribution in [0.15, 0.2) is 24.4 Å². The van der Waals surface area contributed by atoms with E-state index >= 15 is 4.39 Å². The lowest BCUT2D eigenvalue weighted by Crippen LogP contribution is -2.44. The van der Waals surface area contributed by atoms with Crippen LogP contribution in [0.2, 0.25) is 5.02 Å². The molecule has 2 heterocycles. The highest BCUT2D eigenvalue weighted by atomic mass is 35.5. The van der Waals surface area contributed by atoms with Gasteiger partial charge in [0.2, 0.25) is 0 Å². The average Bonchev–Trinajstić information content (AvgIpc) is 2.82. The number of aliphatic carboxylic acids is 1. The zero-order chi connectivity index (χ0) is 23.8. The Labute approximate surface area is 205 Å². The van der Waals surface area contributed by atoms with E-state index in [9.17, 15) is 9.90 Å². The summed E-state index contributed by atoms with van der Waals surface area (Å²) in [5.74, 6) is 1.52. The zero-order valence-electron chi connectivity index (χ0n) is 19.4. The number of benzene rings is 1. The van der Waals surface area contributed by atoms with E-state index in [1.807, 2.05) is 11.8 Å². The van der Waals surface area contributed by atoms with E-state index in [-0.39, 0.29) is 17.4 Å². The van der Waals surface area contributed by atoms with Crippen molar-refractivity contribution in [3.8, 4) is 5.75 Å². The summed E-state index contributed by atoms with van der Waals surface area (Å²) >= 11 is 8.28. The van der Waals surface area contributed by atoms with Gasteiger partial charge in [-0.3, -0.25) is 9.78 Å². The Hall–Kier alpha value is -1.57. The van der Waals surface area contributed by atoms with Crippen molar-refractivity contribution in [2.24, 2.45) is 11.8 Å². The highest BCUT2D eigenvalue weighted by molar-refractivity contribution is 7.99. The molecule has 1 N–H and O–H groups in total. The second kappa shape index (κ2) is 12.8. The number of piperidine rings is 1. The first-order chi connectivity index (χ1) is 15.9. The number of aromatic nitrogens is 1. The lowest BCUT2D eigenvalue weighted by Gasteiger charge is -2.36. The lowest BCUT2D eigenvalue weighted by molar-refractivity contribution is -0.146. The largest absolute Gasteiger partial charge is 0.497 e. The van der Waals surface area contributed by atoms with Gasteiger partial charge in [0.15, 0.2) is 0 Å². The van der Waals surface area contributed by atoms with E-state index in [4.69, 9.17) is 16.3 Å². The third-order valence-electron chi connectivity index (χ3n) is 6.52. The van der Waals surface area contributed by atoms with E-state index in [0.717, 1.165) is 31.0 Å². The van der Waals surface area contributed by atoms with Crippen LogP contribution in [0.5, 0.6) is 5.75 Å². The molecule has 0 spiro atoms. The highest BCUT2D eigenvalue weighted by Gasteiger charge is 2.34. The van der Waals surface area contributed by atoms with Gasteiger partial charge in [0.25, 0.3) is 0 Å². The number of unbranched alkanes of at least 4 members (excludes halogenated alkanes) is 1. The fraction of sp³-hybridized carbons (Fsp3) is 0.600. The molecule has 0 bridgehead atoms. The van der Waals surface area contributed by atoms with Gasteiger partial charge in [0, 0.05) is 36.0 Å². The van der Waals surface area contributed by atoms with Crippen LogP contribution in [0.1, 0.15) is 50.8 Å². The van der Waals surface area contributed by atoms with E-state index in [1.165, 1.54) is 19.0 Å². The maximum Gasteiger partial charge on any atom is 0.308 e. The predicted octanol–water partition coefficient (Wildman–Crippen LogP) is 6.24. The normalized spacial score (nSPS) is 20.1. The van der Waals surface area contributed by atoms with Crippen molar-refractivity contribution < 1.29 is 19.0 Å². The number of alkyl halides is 1. The van der Waals surface area contributed by atoms with Gasteiger partial charge in [-0.1, -0.05) is 24.9 Å². The number of carboxylic acids is 1. The van der Waals surface area contributed by atoms with Crippen LogP contribution in [-0.4, -0.2) is 59.2 Å². The fourth-order valence-electron chi connectivity index (χ4n) is 4.56. The average molecular weight is 497 g/mol. The summed E-state index contributed by atoms with van der Waals surface area (Å²) in [6, 6.07) is 5.33. The monoisotopic (exact) mass is 496 g/mol. The van der Waals surface area contributed by atoms with Crippen LogP contribution in [0.25, 0.3) is 10.9 Å². The van der Waals surface area contributed by atoms with Crippen molar-refractivity contribution in [3.63, 3.8) is 0 Å². The van der Waals surface area contributed by atoms with Crippen molar-refractivity contribution in [2.45, 2.75) is 45.2 Å². The van der Waals surface area contributed by atoms with Crippen LogP contribution < -0.4 is 4.74 Å². The van der Waals surface area contributed by atoms with Gasteiger partial charge < -0.3 is 14.7 Å². The Morgan fingerprint density at radius 1 is 1.42 bits per heavy atom. The number of thioether (sulfide) groups is 1. The quantitative estimate of drug-likeness (QED) is 0.351. The summed E-state index contributed by atoms with van der Waals surface area (Å²) in [7, 11) is 1.56. The summed E-state index contributed by atoms with van der Waals surface area (Å²) < 4.78 is 20.8. The number of nitrogens with zero attached hydrogens (tertiary/aromatic N) is 2. The minimum Gasteiger partial charge on any atom is -0.497 e. The van der Waals surface area contributed by atoms with Crippen molar-refractivity contribution in [1.29, 1.82) is 0 Å². The number of ether oxygens (including phenoxy) is 1. The number of likely N-dealkylation sites (tertiary alicyclic amines) is 1. The molecule has 182 valence electrons. The number of carbonyl (C=O) groups is 1. The Balaban J connectivity index is 1.62. The summed E-state index contributed by atoms with van der Waals surface area (Å²) in [5.41, 5.74) is 1.07. The molecule has 33 heavy (non-hydrogen) atoms. The molecule has 0 saturated carbocycles. The first-order valence-corrected chi connectivity index (χ1v) is 13.3. The van der Waals surface area contributed by atoms with E-state index < -0.39 is 18.1 Å². The van der Waals surface area contributed by atoms with Crippen molar-refractivity contribution in [1.82, 2.24) is 9.88 Å². The van der Waals surface area contributed by atoms with Gasteiger partial charge >= 0.3 is 5.97 Å². The number of fused-ring (bicyclic) bond motifs is 1. The Bertz CT molecular complexity index is 932. The molecule has 2 aromatic rings. The molecule has 1 aromatic heterocycles. The van der Waals surface area contributed by atoms with Crippen molar-refractivity contribution in [2.75, 3.05) is 38.2 Å². The Morgan fingerprint density at radius 2 is 2.24 bits per heavy atom. The number of hydrogen-bond donors (Lipinski definition) is 1. The minimum absolute atomic E-state index is 0.0360. The lowest BCUT2D eigenvalue weighted by atomic mass is 9.81. The van der Waals surface area contributed by atoms with Gasteiger partial charge in [0.1, 0.15) is 11.9 Å². The van der Waals surface area contributed by atoms with E-state index in [0.29, 0.717) is 35.2 Å². The van der Waals surface area contributed by atoms with E-state index in [1.54, 1.807) is 25.3 Å². The second-order valence-corrected chi connectivity index (χ2v) is 10.3. The predicted molar refractivity (Wildman–Crippen MR) is 134 cm³/mol. The summed E-state index contributed by atoms with van der Waals surface area (Å²) in [6.07, 6.45) is 4.13. The number of rotatable bonds is 12. The van der Waals surface area contributed by atoms with Crippen LogP contribution in [-0.2, 0) is 4.79 Å². The van der Waals surface area contributed by atoms with Crippen LogP contribution in [0, 0.1) is 11.8 Å². The van der Waals surface area contributed by atoms with Crippen LogP contribution in [0.3, 0.4) is 0 Å². The van der Waals surface area contributed by atoms with Crippen molar-refractivity contribution in [3.05, 3.63) is 35.0 Å². The molecule has 5 nitrogen and oxygen atoms in total. The Kier molecular flexibility index (Phi) is 10.1. The third kappa shape index (κ3) is 6.96. The first-order valence-electron chi connectivity index (χ1n) is 11.7. The number of hydrogen-bond acceptors (Lipinski definition) is 5. The molecular weight excluding hydrogens is 463 g/mol. The van der Waals surface area contributed by atoms with E-state index in [2.05, 4.69) is 16.8 Å². The molecule has 0 aliphatic carbocycles. The topological polar surface area (TPSA) is 62.7 Å². The zero-order valence-corrected chi connectivity index (χ0v) is 21.0. The summed E-state index contributed by atoms with van der Waals surface area (Å²) in [6.45, 7) is 4.51. The molecule has 1 saturated heterocycles. The molecule has 0 unspecified atom stereocenters. The number of carboxylic acid groups (broad SMARTS) is 1. The van der Waals surface area contributed by atoms with Gasteiger partial charge in [-0.2, -0.15) is 11.8 Å². The molecule has 3 atom stereocenters. The molecule has 0 amide bonds.